The van der Waals surface area contributed by atoms with Crippen LogP contribution in [0.5, 0.6) is 11.5 Å². The Morgan fingerprint density at radius 1 is 0.697 bits per heavy atom. The van der Waals surface area contributed by atoms with Crippen molar-refractivity contribution in [2.75, 3.05) is 24.4 Å². The quantitative estimate of drug-likeness (QED) is 0.543. The molecule has 0 unspecified atom stereocenters. The van der Waals surface area contributed by atoms with Crippen LogP contribution in [0.4, 0.5) is 11.4 Å². The largest absolute Gasteiger partial charge is 0.493 e. The number of nitrogens with one attached hydrogen (secondary N) is 1. The van der Waals surface area contributed by atoms with Crippen molar-refractivity contribution < 1.29 is 19.1 Å². The molecule has 168 valence electrons. The van der Waals surface area contributed by atoms with Crippen molar-refractivity contribution in [2.24, 2.45) is 0 Å². The summed E-state index contributed by atoms with van der Waals surface area (Å²) in [5.41, 5.74) is 5.40. The average Bonchev–Trinajstić information content (AvgIpc) is 3.03. The molecule has 1 aliphatic rings. The Hall–Kier alpha value is -4.06. The first-order valence-electron chi connectivity index (χ1n) is 10.6. The number of rotatable bonds is 6. The molecule has 1 aliphatic heterocycles. The standard InChI is InChI=1S/C27H26N2O4/c1-16-6-8-19(9-7-16)24-25(28-20-10-11-22(32-4)23(15-20)33-5)27(31)29(26(24)30)21-13-17(2)12-18(3)14-21/h6-15,28H,1-5H3. The molecule has 0 aliphatic carbocycles. The monoisotopic (exact) mass is 442 g/mol. The second kappa shape index (κ2) is 8.82. The molecular weight excluding hydrogens is 416 g/mol. The fourth-order valence-electron chi connectivity index (χ4n) is 4.01. The fraction of sp³-hybridized carbons (Fsp3) is 0.185. The molecule has 0 atom stereocenters. The molecule has 0 spiro atoms. The Labute approximate surface area is 193 Å². The van der Waals surface area contributed by atoms with Crippen LogP contribution < -0.4 is 19.7 Å². The summed E-state index contributed by atoms with van der Waals surface area (Å²) in [6, 6.07) is 18.5. The van der Waals surface area contributed by atoms with Crippen molar-refractivity contribution in [3.63, 3.8) is 0 Å². The fourth-order valence-corrected chi connectivity index (χ4v) is 4.01. The van der Waals surface area contributed by atoms with Crippen LogP contribution in [0.3, 0.4) is 0 Å². The maximum Gasteiger partial charge on any atom is 0.282 e. The number of hydrogen-bond acceptors (Lipinski definition) is 5. The van der Waals surface area contributed by atoms with E-state index in [4.69, 9.17) is 9.47 Å². The summed E-state index contributed by atoms with van der Waals surface area (Å²) in [7, 11) is 3.11. The number of nitrogens with zero attached hydrogens (tertiary/aromatic N) is 1. The van der Waals surface area contributed by atoms with Crippen LogP contribution in [0.15, 0.2) is 66.4 Å². The molecule has 6 nitrogen and oxygen atoms in total. The second-order valence-electron chi connectivity index (χ2n) is 8.10. The van der Waals surface area contributed by atoms with Gasteiger partial charge in [0.2, 0.25) is 0 Å². The Balaban J connectivity index is 1.83. The molecule has 0 aromatic heterocycles. The minimum absolute atomic E-state index is 0.218. The summed E-state index contributed by atoms with van der Waals surface area (Å²) >= 11 is 0. The third-order valence-corrected chi connectivity index (χ3v) is 5.54. The lowest BCUT2D eigenvalue weighted by molar-refractivity contribution is -0.120. The minimum Gasteiger partial charge on any atom is -0.493 e. The number of carbonyl (C=O) groups is 2. The molecule has 0 fully saturated rings. The molecule has 3 aromatic carbocycles. The maximum absolute atomic E-state index is 13.6. The molecule has 0 saturated heterocycles. The van der Waals surface area contributed by atoms with Gasteiger partial charge in [-0.25, -0.2) is 4.90 Å². The molecule has 4 rings (SSSR count). The van der Waals surface area contributed by atoms with Gasteiger partial charge in [0, 0.05) is 11.8 Å². The van der Waals surface area contributed by atoms with Gasteiger partial charge in [-0.3, -0.25) is 9.59 Å². The molecular formula is C27H26N2O4. The summed E-state index contributed by atoms with van der Waals surface area (Å²) in [6.45, 7) is 5.86. The predicted molar refractivity (Wildman–Crippen MR) is 130 cm³/mol. The Morgan fingerprint density at radius 3 is 1.94 bits per heavy atom. The van der Waals surface area contributed by atoms with Crippen molar-refractivity contribution in [3.05, 3.63) is 88.6 Å². The van der Waals surface area contributed by atoms with Crippen molar-refractivity contribution >= 4 is 28.8 Å². The van der Waals surface area contributed by atoms with E-state index in [0.29, 0.717) is 34.0 Å². The number of imide groups is 1. The van der Waals surface area contributed by atoms with Crippen LogP contribution in [0.1, 0.15) is 22.3 Å². The number of methoxy groups -OCH3 is 2. The van der Waals surface area contributed by atoms with Gasteiger partial charge in [0.05, 0.1) is 25.5 Å². The summed E-state index contributed by atoms with van der Waals surface area (Å²) in [4.78, 5) is 28.4. The Kier molecular flexibility index (Phi) is 5.92. The SMILES string of the molecule is COc1ccc(NC2=C(c3ccc(C)cc3)C(=O)N(c3cc(C)cc(C)c3)C2=O)cc1OC. The van der Waals surface area contributed by atoms with Crippen molar-refractivity contribution in [1.29, 1.82) is 0 Å². The van der Waals surface area contributed by atoms with E-state index in [1.165, 1.54) is 4.90 Å². The summed E-state index contributed by atoms with van der Waals surface area (Å²) in [5.74, 6) is 0.316. The summed E-state index contributed by atoms with van der Waals surface area (Å²) < 4.78 is 10.7. The van der Waals surface area contributed by atoms with E-state index in [9.17, 15) is 9.59 Å². The van der Waals surface area contributed by atoms with Crippen molar-refractivity contribution in [3.8, 4) is 11.5 Å². The maximum atomic E-state index is 13.6. The van der Waals surface area contributed by atoms with E-state index in [2.05, 4.69) is 5.32 Å². The number of hydrogen-bond donors (Lipinski definition) is 1. The van der Waals surface area contributed by atoms with E-state index in [1.807, 2.05) is 63.2 Å². The van der Waals surface area contributed by atoms with Gasteiger partial charge in [-0.15, -0.1) is 0 Å². The normalized spacial score (nSPS) is 13.5. The zero-order valence-electron chi connectivity index (χ0n) is 19.4. The van der Waals surface area contributed by atoms with Gasteiger partial charge >= 0.3 is 0 Å². The molecule has 6 heteroatoms. The molecule has 0 saturated carbocycles. The van der Waals surface area contributed by atoms with E-state index in [-0.39, 0.29) is 11.6 Å². The van der Waals surface area contributed by atoms with Gasteiger partial charge in [0.15, 0.2) is 11.5 Å². The van der Waals surface area contributed by atoms with Crippen LogP contribution in [0.25, 0.3) is 5.57 Å². The molecule has 0 bridgehead atoms. The first kappa shape index (κ1) is 22.1. The van der Waals surface area contributed by atoms with Gasteiger partial charge in [-0.1, -0.05) is 35.9 Å². The number of anilines is 2. The van der Waals surface area contributed by atoms with Gasteiger partial charge in [-0.2, -0.15) is 0 Å². The number of ether oxygens (including phenoxy) is 2. The number of amides is 2. The van der Waals surface area contributed by atoms with Gasteiger partial charge < -0.3 is 14.8 Å². The lowest BCUT2D eigenvalue weighted by Gasteiger charge is -2.17. The van der Waals surface area contributed by atoms with Gasteiger partial charge in [0.25, 0.3) is 11.8 Å². The third kappa shape index (κ3) is 4.20. The zero-order chi connectivity index (χ0) is 23.7. The summed E-state index contributed by atoms with van der Waals surface area (Å²) in [5, 5.41) is 3.17. The molecule has 1 N–H and O–H groups in total. The average molecular weight is 443 g/mol. The highest BCUT2D eigenvalue weighted by molar-refractivity contribution is 6.46. The molecule has 0 radical (unpaired) electrons. The first-order valence-corrected chi connectivity index (χ1v) is 10.6. The Bertz CT molecular complexity index is 1260. The number of carbonyl (C=O) groups excluding carboxylic acids is 2. The smallest absolute Gasteiger partial charge is 0.282 e. The zero-order valence-corrected chi connectivity index (χ0v) is 19.4. The lowest BCUT2D eigenvalue weighted by Crippen LogP contribution is -2.32. The van der Waals surface area contributed by atoms with Crippen LogP contribution >= 0.6 is 0 Å². The van der Waals surface area contributed by atoms with E-state index in [0.717, 1.165) is 16.7 Å². The van der Waals surface area contributed by atoms with Crippen molar-refractivity contribution in [1.82, 2.24) is 0 Å². The van der Waals surface area contributed by atoms with E-state index >= 15 is 0 Å². The highest BCUT2D eigenvalue weighted by Gasteiger charge is 2.40. The van der Waals surface area contributed by atoms with Crippen LogP contribution in [-0.2, 0) is 9.59 Å². The van der Waals surface area contributed by atoms with E-state index in [1.54, 1.807) is 32.4 Å². The Morgan fingerprint density at radius 2 is 1.33 bits per heavy atom. The molecule has 1 heterocycles. The number of aryl methyl sites for hydroxylation is 3. The molecule has 33 heavy (non-hydrogen) atoms. The highest BCUT2D eigenvalue weighted by Crippen LogP contribution is 2.36. The lowest BCUT2D eigenvalue weighted by atomic mass is 10.0. The second-order valence-corrected chi connectivity index (χ2v) is 8.10. The van der Waals surface area contributed by atoms with Crippen LogP contribution in [0.2, 0.25) is 0 Å². The predicted octanol–water partition coefficient (Wildman–Crippen LogP) is 5.03. The topological polar surface area (TPSA) is 67.9 Å². The molecule has 3 aromatic rings. The van der Waals surface area contributed by atoms with Gasteiger partial charge in [-0.05, 0) is 61.7 Å². The first-order chi connectivity index (χ1) is 15.8. The minimum atomic E-state index is -0.407. The van der Waals surface area contributed by atoms with Crippen molar-refractivity contribution in [2.45, 2.75) is 20.8 Å². The van der Waals surface area contributed by atoms with Crippen LogP contribution in [-0.4, -0.2) is 26.0 Å². The van der Waals surface area contributed by atoms with Crippen LogP contribution in [0, 0.1) is 20.8 Å². The summed E-state index contributed by atoms with van der Waals surface area (Å²) in [6.07, 6.45) is 0. The van der Waals surface area contributed by atoms with E-state index < -0.39 is 5.91 Å². The highest BCUT2D eigenvalue weighted by atomic mass is 16.5. The third-order valence-electron chi connectivity index (χ3n) is 5.54. The van der Waals surface area contributed by atoms with Gasteiger partial charge in [0.1, 0.15) is 5.70 Å². The molecule has 2 amide bonds. The number of benzene rings is 3.